The van der Waals surface area contributed by atoms with Gasteiger partial charge < -0.3 is 14.4 Å². The summed E-state index contributed by atoms with van der Waals surface area (Å²) in [6.07, 6.45) is 0. The van der Waals surface area contributed by atoms with E-state index in [4.69, 9.17) is 0 Å². The molecule has 4 nitrogen and oxygen atoms in total. The highest BCUT2D eigenvalue weighted by Crippen LogP contribution is 2.45. The van der Waals surface area contributed by atoms with Gasteiger partial charge in [0.1, 0.15) is 0 Å². The van der Waals surface area contributed by atoms with Crippen molar-refractivity contribution in [3.05, 3.63) is 272 Å². The molecule has 0 amide bonds. The fourth-order valence-corrected chi connectivity index (χ4v) is 9.90. The lowest BCUT2D eigenvalue weighted by Gasteiger charge is -2.28. The molecule has 0 atom stereocenters. The molecule has 0 saturated carbocycles. The van der Waals surface area contributed by atoms with Crippen LogP contribution in [-0.2, 0) is 0 Å². The Morgan fingerprint density at radius 1 is 0.304 bits per heavy atom. The summed E-state index contributed by atoms with van der Waals surface area (Å²) in [5.41, 5.74) is 17.3. The highest BCUT2D eigenvalue weighted by atomic mass is 15.1. The summed E-state index contributed by atoms with van der Waals surface area (Å²) in [7, 11) is 0. The molecule has 0 saturated heterocycles. The van der Waals surface area contributed by atoms with E-state index in [1.807, 2.05) is 24.3 Å². The molecule has 0 unspecified atom stereocenters. The maximum Gasteiger partial charge on any atom is 0.0991 e. The van der Waals surface area contributed by atoms with Gasteiger partial charge in [-0.05, 0) is 142 Å². The number of rotatable bonds is 10. The molecule has 12 rings (SSSR count). The first kappa shape index (κ1) is 41.0. The maximum atomic E-state index is 9.72. The van der Waals surface area contributed by atoms with Crippen molar-refractivity contribution in [3.63, 3.8) is 0 Å². The van der Waals surface area contributed by atoms with E-state index < -0.39 is 0 Å². The molecule has 0 spiro atoms. The van der Waals surface area contributed by atoms with Crippen LogP contribution in [0.4, 0.5) is 34.1 Å². The quantitative estimate of drug-likeness (QED) is 0.137. The van der Waals surface area contributed by atoms with Crippen LogP contribution < -0.4 is 9.80 Å². The molecular formula is C65H44N4. The molecular weight excluding hydrogens is 837 g/mol. The van der Waals surface area contributed by atoms with Crippen molar-refractivity contribution >= 4 is 66.7 Å². The van der Waals surface area contributed by atoms with Gasteiger partial charge in [0.15, 0.2) is 0 Å². The Kier molecular flexibility index (Phi) is 10.6. The standard InChI is InChI=1S/C65H44N4/c66-45-46-24-32-53(33-25-46)67(57-40-42-65-62(44-57)61-22-12-13-23-63(61)69(65)52-18-8-3-9-19-52)54-38-30-51(31-39-54)58-41-43-64(60-21-11-10-20-59(58)60)68(55-34-26-49(27-35-55)47-14-4-1-5-15-47)56-36-28-50(29-37-56)48-16-6-2-7-17-48/h1-44H. The van der Waals surface area contributed by atoms with E-state index in [0.29, 0.717) is 5.56 Å². The Bertz CT molecular complexity index is 3720. The fourth-order valence-electron chi connectivity index (χ4n) is 9.90. The van der Waals surface area contributed by atoms with Gasteiger partial charge in [-0.25, -0.2) is 0 Å². The largest absolute Gasteiger partial charge is 0.310 e. The first-order chi connectivity index (χ1) is 34.2. The van der Waals surface area contributed by atoms with Crippen LogP contribution in [0.2, 0.25) is 0 Å². The monoisotopic (exact) mass is 880 g/mol. The molecule has 11 aromatic carbocycles. The van der Waals surface area contributed by atoms with Gasteiger partial charge in [0, 0.05) is 50.3 Å². The first-order valence-electron chi connectivity index (χ1n) is 23.3. The van der Waals surface area contributed by atoms with Crippen molar-refractivity contribution < 1.29 is 0 Å². The second kappa shape index (κ2) is 17.8. The summed E-state index contributed by atoms with van der Waals surface area (Å²) >= 11 is 0. The second-order valence-corrected chi connectivity index (χ2v) is 17.3. The Hall–Kier alpha value is -9.43. The first-order valence-corrected chi connectivity index (χ1v) is 23.3. The zero-order chi connectivity index (χ0) is 46.1. The number of fused-ring (bicyclic) bond motifs is 4. The molecule has 0 aliphatic rings. The summed E-state index contributed by atoms with van der Waals surface area (Å²) in [5.74, 6) is 0. The van der Waals surface area contributed by atoms with Gasteiger partial charge in [-0.1, -0.05) is 164 Å². The average Bonchev–Trinajstić information content (AvgIpc) is 3.76. The van der Waals surface area contributed by atoms with Gasteiger partial charge in [0.2, 0.25) is 0 Å². The van der Waals surface area contributed by atoms with E-state index >= 15 is 0 Å². The second-order valence-electron chi connectivity index (χ2n) is 17.3. The number of anilines is 6. The van der Waals surface area contributed by atoms with E-state index in [0.717, 1.165) is 67.4 Å². The van der Waals surface area contributed by atoms with Crippen molar-refractivity contribution in [2.24, 2.45) is 0 Å². The van der Waals surface area contributed by atoms with E-state index in [9.17, 15) is 5.26 Å². The number of hydrogen-bond donors (Lipinski definition) is 0. The number of aromatic nitrogens is 1. The lowest BCUT2D eigenvalue weighted by Crippen LogP contribution is -2.11. The summed E-state index contributed by atoms with van der Waals surface area (Å²) in [6, 6.07) is 97.1. The smallest absolute Gasteiger partial charge is 0.0991 e. The van der Waals surface area contributed by atoms with Crippen molar-refractivity contribution in [3.8, 4) is 45.1 Å². The summed E-state index contributed by atoms with van der Waals surface area (Å²) in [4.78, 5) is 4.66. The van der Waals surface area contributed by atoms with Gasteiger partial charge in [0.05, 0.1) is 28.4 Å². The van der Waals surface area contributed by atoms with Gasteiger partial charge >= 0.3 is 0 Å². The average molecular weight is 881 g/mol. The topological polar surface area (TPSA) is 35.2 Å². The minimum absolute atomic E-state index is 0.623. The third-order valence-electron chi connectivity index (χ3n) is 13.2. The summed E-state index contributed by atoms with van der Waals surface area (Å²) < 4.78 is 2.34. The van der Waals surface area contributed by atoms with Gasteiger partial charge in [-0.15, -0.1) is 0 Å². The molecule has 0 radical (unpaired) electrons. The lowest BCUT2D eigenvalue weighted by molar-refractivity contribution is 1.18. The van der Waals surface area contributed by atoms with Crippen LogP contribution in [-0.4, -0.2) is 4.57 Å². The minimum atomic E-state index is 0.623. The molecule has 12 aromatic rings. The van der Waals surface area contributed by atoms with Crippen LogP contribution in [0.25, 0.3) is 71.6 Å². The molecule has 0 aliphatic heterocycles. The van der Waals surface area contributed by atoms with Crippen molar-refractivity contribution in [2.75, 3.05) is 9.80 Å². The Labute approximate surface area is 402 Å². The highest BCUT2D eigenvalue weighted by Gasteiger charge is 2.20. The normalized spacial score (nSPS) is 11.2. The van der Waals surface area contributed by atoms with E-state index in [2.05, 4.69) is 263 Å². The van der Waals surface area contributed by atoms with Crippen LogP contribution in [0.3, 0.4) is 0 Å². The molecule has 0 bridgehead atoms. The molecule has 0 aliphatic carbocycles. The van der Waals surface area contributed by atoms with Crippen LogP contribution in [0.15, 0.2) is 267 Å². The molecule has 69 heavy (non-hydrogen) atoms. The van der Waals surface area contributed by atoms with Gasteiger partial charge in [-0.2, -0.15) is 5.26 Å². The third-order valence-corrected chi connectivity index (χ3v) is 13.2. The number of benzene rings is 11. The van der Waals surface area contributed by atoms with Crippen LogP contribution in [0.5, 0.6) is 0 Å². The molecule has 0 N–H and O–H groups in total. The number of nitriles is 1. The predicted molar refractivity (Wildman–Crippen MR) is 289 cm³/mol. The number of hydrogen-bond acceptors (Lipinski definition) is 3. The SMILES string of the molecule is N#Cc1ccc(N(c2ccc(-c3ccc(N(c4ccc(-c5ccccc5)cc4)c4ccc(-c5ccccc5)cc4)c4ccccc34)cc2)c2ccc3c(c2)c2ccccc2n3-c2ccccc2)cc1. The zero-order valence-corrected chi connectivity index (χ0v) is 37.7. The number of para-hydroxylation sites is 2. The van der Waals surface area contributed by atoms with Crippen LogP contribution >= 0.6 is 0 Å². The van der Waals surface area contributed by atoms with Crippen molar-refractivity contribution in [1.29, 1.82) is 5.26 Å². The molecule has 1 aromatic heterocycles. The van der Waals surface area contributed by atoms with Crippen molar-refractivity contribution in [2.45, 2.75) is 0 Å². The van der Waals surface area contributed by atoms with E-state index in [1.165, 1.54) is 38.4 Å². The fraction of sp³-hybridized carbons (Fsp3) is 0. The summed E-state index contributed by atoms with van der Waals surface area (Å²) in [5, 5.41) is 14.4. The molecule has 4 heteroatoms. The highest BCUT2D eigenvalue weighted by molar-refractivity contribution is 6.11. The Balaban J connectivity index is 0.949. The van der Waals surface area contributed by atoms with Gasteiger partial charge in [0.25, 0.3) is 0 Å². The minimum Gasteiger partial charge on any atom is -0.310 e. The van der Waals surface area contributed by atoms with E-state index in [1.54, 1.807) is 0 Å². The van der Waals surface area contributed by atoms with Crippen LogP contribution in [0, 0.1) is 11.3 Å². The summed E-state index contributed by atoms with van der Waals surface area (Å²) in [6.45, 7) is 0. The Morgan fingerprint density at radius 2 is 0.739 bits per heavy atom. The van der Waals surface area contributed by atoms with Gasteiger partial charge in [-0.3, -0.25) is 0 Å². The van der Waals surface area contributed by atoms with Crippen molar-refractivity contribution in [1.82, 2.24) is 4.57 Å². The number of nitrogens with zero attached hydrogens (tertiary/aromatic N) is 4. The van der Waals surface area contributed by atoms with Crippen LogP contribution in [0.1, 0.15) is 5.56 Å². The Morgan fingerprint density at radius 3 is 1.32 bits per heavy atom. The zero-order valence-electron chi connectivity index (χ0n) is 37.7. The third kappa shape index (κ3) is 7.65. The molecule has 1 heterocycles. The predicted octanol–water partition coefficient (Wildman–Crippen LogP) is 17.7. The maximum absolute atomic E-state index is 9.72. The lowest BCUT2D eigenvalue weighted by atomic mass is 9.95. The van der Waals surface area contributed by atoms with E-state index in [-0.39, 0.29) is 0 Å². The molecule has 0 fully saturated rings. The molecule has 324 valence electrons.